The number of likely N-dealkylation sites (tertiary alicyclic amines) is 1. The lowest BCUT2D eigenvalue weighted by atomic mass is 9.93. The van der Waals surface area contributed by atoms with Gasteiger partial charge in [0.15, 0.2) is 5.96 Å². The largest absolute Gasteiger partial charge is 0.469 e. The van der Waals surface area contributed by atoms with Crippen LogP contribution in [0.25, 0.3) is 0 Å². The molecule has 2 N–H and O–H groups in total. The van der Waals surface area contributed by atoms with Gasteiger partial charge in [0.1, 0.15) is 0 Å². The van der Waals surface area contributed by atoms with E-state index in [9.17, 15) is 9.59 Å². The predicted molar refractivity (Wildman–Crippen MR) is 106 cm³/mol. The predicted octanol–water partition coefficient (Wildman–Crippen LogP) is 1.37. The molecular weight excluding hydrogens is 423 g/mol. The maximum atomic E-state index is 11.4. The van der Waals surface area contributed by atoms with Crippen molar-refractivity contribution < 1.29 is 14.3 Å². The summed E-state index contributed by atoms with van der Waals surface area (Å²) < 4.78 is 4.62. The van der Waals surface area contributed by atoms with Crippen molar-refractivity contribution >= 4 is 41.8 Å². The Morgan fingerprint density at radius 2 is 1.92 bits per heavy atom. The molecule has 1 aliphatic rings. The van der Waals surface area contributed by atoms with E-state index in [1.807, 2.05) is 0 Å². The highest BCUT2D eigenvalue weighted by Crippen LogP contribution is 2.20. The second kappa shape index (κ2) is 13.3. The van der Waals surface area contributed by atoms with Crippen LogP contribution < -0.4 is 10.6 Å². The Balaban J connectivity index is 0.00000529. The van der Waals surface area contributed by atoms with Crippen molar-refractivity contribution in [3.8, 4) is 0 Å². The van der Waals surface area contributed by atoms with Crippen LogP contribution in [-0.2, 0) is 14.3 Å². The quantitative estimate of drug-likeness (QED) is 0.200. The van der Waals surface area contributed by atoms with Gasteiger partial charge in [0, 0.05) is 46.6 Å². The molecule has 1 fully saturated rings. The average molecular weight is 454 g/mol. The van der Waals surface area contributed by atoms with E-state index in [0.29, 0.717) is 18.8 Å². The third kappa shape index (κ3) is 8.70. The van der Waals surface area contributed by atoms with Gasteiger partial charge in [-0.3, -0.25) is 14.6 Å². The number of guanidine groups is 1. The number of aliphatic imine (C=N–C) groups is 1. The number of halogens is 1. The third-order valence-corrected chi connectivity index (χ3v) is 4.20. The zero-order valence-electron chi connectivity index (χ0n) is 15.0. The number of methoxy groups -OCH3 is 1. The Morgan fingerprint density at radius 3 is 2.46 bits per heavy atom. The molecule has 140 valence electrons. The molecule has 0 unspecified atom stereocenters. The molecule has 0 bridgehead atoms. The van der Waals surface area contributed by atoms with Gasteiger partial charge in [0.2, 0.25) is 5.91 Å². The Hall–Kier alpha value is -1.06. The van der Waals surface area contributed by atoms with E-state index in [-0.39, 0.29) is 35.9 Å². The molecule has 0 spiro atoms. The second-order valence-corrected chi connectivity index (χ2v) is 5.81. The van der Waals surface area contributed by atoms with E-state index in [4.69, 9.17) is 0 Å². The normalized spacial score (nSPS) is 15.5. The molecule has 0 aromatic rings. The summed E-state index contributed by atoms with van der Waals surface area (Å²) in [5.74, 6) is 1.33. The van der Waals surface area contributed by atoms with Gasteiger partial charge in [-0.2, -0.15) is 0 Å². The first-order chi connectivity index (χ1) is 11.1. The summed E-state index contributed by atoms with van der Waals surface area (Å²) in [5, 5.41) is 6.03. The fourth-order valence-corrected chi connectivity index (χ4v) is 2.74. The highest BCUT2D eigenvalue weighted by Gasteiger charge is 2.22. The lowest BCUT2D eigenvalue weighted by Crippen LogP contribution is -2.46. The average Bonchev–Trinajstić information content (AvgIpc) is 2.58. The summed E-state index contributed by atoms with van der Waals surface area (Å²) >= 11 is 0. The van der Waals surface area contributed by atoms with E-state index in [1.165, 1.54) is 7.11 Å². The van der Waals surface area contributed by atoms with Gasteiger partial charge < -0.3 is 20.3 Å². The molecule has 1 rings (SSSR count). The maximum Gasteiger partial charge on any atom is 0.305 e. The number of esters is 1. The number of carbonyl (C=O) groups excluding carboxylic acids is 2. The van der Waals surface area contributed by atoms with Gasteiger partial charge in [-0.15, -0.1) is 24.0 Å². The van der Waals surface area contributed by atoms with Gasteiger partial charge in [0.05, 0.1) is 7.11 Å². The number of nitrogens with zero attached hydrogens (tertiary/aromatic N) is 2. The fourth-order valence-electron chi connectivity index (χ4n) is 2.74. The maximum absolute atomic E-state index is 11.4. The van der Waals surface area contributed by atoms with Crippen molar-refractivity contribution in [3.05, 3.63) is 0 Å². The van der Waals surface area contributed by atoms with Gasteiger partial charge in [-0.05, 0) is 31.6 Å². The van der Waals surface area contributed by atoms with E-state index < -0.39 is 0 Å². The number of hydrogen-bond acceptors (Lipinski definition) is 4. The van der Waals surface area contributed by atoms with Crippen molar-refractivity contribution in [2.45, 2.75) is 38.5 Å². The number of ether oxygens (including phenoxy) is 1. The van der Waals surface area contributed by atoms with E-state index >= 15 is 0 Å². The van der Waals surface area contributed by atoms with E-state index in [0.717, 1.165) is 51.3 Å². The molecule has 0 radical (unpaired) electrons. The summed E-state index contributed by atoms with van der Waals surface area (Å²) in [6.45, 7) is 2.63. The smallest absolute Gasteiger partial charge is 0.305 e. The fraction of sp³-hybridized carbons (Fsp3) is 0.812. The van der Waals surface area contributed by atoms with Crippen molar-refractivity contribution in [2.75, 3.05) is 40.8 Å². The van der Waals surface area contributed by atoms with Crippen molar-refractivity contribution in [3.63, 3.8) is 0 Å². The minimum absolute atomic E-state index is 0. The van der Waals surface area contributed by atoms with E-state index in [2.05, 4.69) is 25.3 Å². The first-order valence-corrected chi connectivity index (χ1v) is 8.33. The number of unbranched alkanes of at least 4 members (excludes halogenated alkanes) is 1. The standard InChI is InChI=1S/C16H30N4O3.HI/c1-17-14(21)12-13-7-10-20(11-8-13)16(18-2)19-9-5-4-6-15(22)23-3;/h13H,4-12H2,1-3H3,(H,17,21)(H,18,19);1H. The number of rotatable bonds is 7. The van der Waals surface area contributed by atoms with Gasteiger partial charge in [-0.25, -0.2) is 0 Å². The molecule has 0 aromatic heterocycles. The second-order valence-electron chi connectivity index (χ2n) is 5.81. The highest BCUT2D eigenvalue weighted by molar-refractivity contribution is 14.0. The zero-order chi connectivity index (χ0) is 17.1. The highest BCUT2D eigenvalue weighted by atomic mass is 127. The summed E-state index contributed by atoms with van der Waals surface area (Å²) in [5.41, 5.74) is 0. The van der Waals surface area contributed by atoms with Crippen LogP contribution >= 0.6 is 24.0 Å². The van der Waals surface area contributed by atoms with Crippen molar-refractivity contribution in [1.82, 2.24) is 15.5 Å². The Morgan fingerprint density at radius 1 is 1.25 bits per heavy atom. The number of hydrogen-bond donors (Lipinski definition) is 2. The summed E-state index contributed by atoms with van der Waals surface area (Å²) in [4.78, 5) is 29.0. The van der Waals surface area contributed by atoms with Crippen LogP contribution in [-0.4, -0.2) is 63.6 Å². The lowest BCUT2D eigenvalue weighted by molar-refractivity contribution is -0.140. The molecular formula is C16H31IN4O3. The number of carbonyl (C=O) groups is 2. The van der Waals surface area contributed by atoms with Gasteiger partial charge in [0.25, 0.3) is 0 Å². The molecule has 1 amide bonds. The molecule has 1 aliphatic heterocycles. The van der Waals surface area contributed by atoms with Gasteiger partial charge >= 0.3 is 5.97 Å². The summed E-state index contributed by atoms with van der Waals surface area (Å²) in [7, 11) is 4.88. The van der Waals surface area contributed by atoms with Crippen molar-refractivity contribution in [2.24, 2.45) is 10.9 Å². The van der Waals surface area contributed by atoms with Crippen molar-refractivity contribution in [1.29, 1.82) is 0 Å². The molecule has 7 nitrogen and oxygen atoms in total. The number of piperidine rings is 1. The number of amides is 1. The number of nitrogens with one attached hydrogen (secondary N) is 2. The van der Waals surface area contributed by atoms with Crippen LogP contribution in [0.1, 0.15) is 38.5 Å². The molecule has 24 heavy (non-hydrogen) atoms. The van der Waals surface area contributed by atoms with E-state index in [1.54, 1.807) is 14.1 Å². The molecule has 1 heterocycles. The third-order valence-electron chi connectivity index (χ3n) is 4.20. The lowest BCUT2D eigenvalue weighted by Gasteiger charge is -2.34. The minimum atomic E-state index is -0.160. The molecule has 0 aliphatic carbocycles. The van der Waals surface area contributed by atoms with Crippen LogP contribution in [0, 0.1) is 5.92 Å². The van der Waals surface area contributed by atoms with Crippen LogP contribution in [0.5, 0.6) is 0 Å². The molecule has 0 aromatic carbocycles. The first kappa shape index (κ1) is 22.9. The minimum Gasteiger partial charge on any atom is -0.469 e. The first-order valence-electron chi connectivity index (χ1n) is 8.33. The van der Waals surface area contributed by atoms with Crippen LogP contribution in [0.4, 0.5) is 0 Å². The Kier molecular flexibility index (Phi) is 12.7. The Bertz CT molecular complexity index is 410. The summed E-state index contributed by atoms with van der Waals surface area (Å²) in [6.07, 6.45) is 4.81. The van der Waals surface area contributed by atoms with Crippen LogP contribution in [0.2, 0.25) is 0 Å². The monoisotopic (exact) mass is 454 g/mol. The zero-order valence-corrected chi connectivity index (χ0v) is 17.3. The summed E-state index contributed by atoms with van der Waals surface area (Å²) in [6, 6.07) is 0. The Labute approximate surface area is 162 Å². The molecule has 1 saturated heterocycles. The van der Waals surface area contributed by atoms with Gasteiger partial charge in [-0.1, -0.05) is 0 Å². The molecule has 0 atom stereocenters. The SMILES string of the molecule is CN=C(NCCCCC(=O)OC)N1CCC(CC(=O)NC)CC1.I. The molecule has 8 heteroatoms. The topological polar surface area (TPSA) is 83.0 Å². The molecule has 0 saturated carbocycles. The van der Waals surface area contributed by atoms with Crippen LogP contribution in [0.3, 0.4) is 0 Å². The van der Waals surface area contributed by atoms with Crippen LogP contribution in [0.15, 0.2) is 4.99 Å².